The molecule has 0 aromatic carbocycles. The van der Waals surface area contributed by atoms with E-state index in [1.807, 2.05) is 30.9 Å². The molecule has 2 heterocycles. The van der Waals surface area contributed by atoms with Crippen LogP contribution >= 0.6 is 11.3 Å². The van der Waals surface area contributed by atoms with Crippen molar-refractivity contribution in [2.45, 2.75) is 12.8 Å². The van der Waals surface area contributed by atoms with E-state index >= 15 is 0 Å². The monoisotopic (exact) mass is 387 g/mol. The smallest absolute Gasteiger partial charge is 0.249 e. The van der Waals surface area contributed by atoms with Crippen molar-refractivity contribution in [1.82, 2.24) is 14.9 Å². The van der Waals surface area contributed by atoms with E-state index in [1.54, 1.807) is 0 Å². The fourth-order valence-electron chi connectivity index (χ4n) is 2.39. The highest BCUT2D eigenvalue weighted by Gasteiger charge is 2.10. The normalized spacial score (nSPS) is 13.9. The van der Waals surface area contributed by atoms with Gasteiger partial charge in [0.15, 0.2) is 5.69 Å². The van der Waals surface area contributed by atoms with E-state index in [2.05, 4.69) is 26.7 Å². The van der Waals surface area contributed by atoms with Gasteiger partial charge >= 0.3 is 0 Å². The number of allylic oxidation sites excluding steroid dienone is 4. The molecule has 0 spiro atoms. The van der Waals surface area contributed by atoms with Gasteiger partial charge in [0.1, 0.15) is 23.5 Å². The van der Waals surface area contributed by atoms with E-state index in [0.717, 1.165) is 17.6 Å². The van der Waals surface area contributed by atoms with Crippen molar-refractivity contribution in [1.29, 1.82) is 0 Å². The highest BCUT2D eigenvalue weighted by molar-refractivity contribution is 7.09. The molecule has 0 aliphatic heterocycles. The number of likely N-dealkylation sites (N-methyl/N-ethyl adjacent to an activating group) is 1. The lowest BCUT2D eigenvalue weighted by atomic mass is 10.1. The van der Waals surface area contributed by atoms with Crippen LogP contribution in [-0.2, 0) is 4.74 Å². The molecule has 0 unspecified atom stereocenters. The van der Waals surface area contributed by atoms with Crippen molar-refractivity contribution in [2.24, 2.45) is 0 Å². The number of hydrogen-bond donors (Lipinski definition) is 0. The second kappa shape index (κ2) is 9.60. The Balaban J connectivity index is 1.70. The van der Waals surface area contributed by atoms with Gasteiger partial charge in [0.05, 0.1) is 13.2 Å². The SMILES string of the molecule is CN(C)CCOCCOc1nc2cscc2nc1C#CC1=CCCC(F)=C1. The van der Waals surface area contributed by atoms with Crippen molar-refractivity contribution >= 4 is 22.4 Å². The van der Waals surface area contributed by atoms with Gasteiger partial charge < -0.3 is 14.4 Å². The van der Waals surface area contributed by atoms with E-state index in [1.165, 1.54) is 17.4 Å². The maximum Gasteiger partial charge on any atom is 0.249 e. The molecular formula is C20H22FN3O2S. The Labute approximate surface area is 162 Å². The largest absolute Gasteiger partial charge is 0.473 e. The van der Waals surface area contributed by atoms with Crippen LogP contribution in [0, 0.1) is 11.8 Å². The standard InChI is InChI=1S/C20H22FN3O2S/c1-24(2)8-9-25-10-11-26-20-17(22-18-13-27-14-19(18)23-20)7-6-15-4-3-5-16(21)12-15/h4,12-14H,3,5,8-11H2,1-2H3. The van der Waals surface area contributed by atoms with Crippen LogP contribution in [0.4, 0.5) is 4.39 Å². The summed E-state index contributed by atoms with van der Waals surface area (Å²) in [7, 11) is 4.00. The summed E-state index contributed by atoms with van der Waals surface area (Å²) < 4.78 is 24.7. The molecule has 0 saturated carbocycles. The zero-order valence-electron chi connectivity index (χ0n) is 15.5. The van der Waals surface area contributed by atoms with Crippen LogP contribution in [-0.4, -0.2) is 55.3 Å². The van der Waals surface area contributed by atoms with Gasteiger partial charge in [-0.2, -0.15) is 0 Å². The zero-order chi connectivity index (χ0) is 19.1. The minimum absolute atomic E-state index is 0.146. The highest BCUT2D eigenvalue weighted by atomic mass is 32.1. The van der Waals surface area contributed by atoms with Crippen LogP contribution in [0.2, 0.25) is 0 Å². The van der Waals surface area contributed by atoms with Crippen LogP contribution in [0.3, 0.4) is 0 Å². The summed E-state index contributed by atoms with van der Waals surface area (Å²) in [6, 6.07) is 0. The molecule has 0 radical (unpaired) electrons. The van der Waals surface area contributed by atoms with Crippen molar-refractivity contribution in [2.75, 3.05) is 40.5 Å². The van der Waals surface area contributed by atoms with Crippen LogP contribution < -0.4 is 4.74 Å². The second-order valence-electron chi connectivity index (χ2n) is 6.32. The molecule has 3 rings (SSSR count). The highest BCUT2D eigenvalue weighted by Crippen LogP contribution is 2.22. The molecule has 0 saturated heterocycles. The van der Waals surface area contributed by atoms with Gasteiger partial charge in [-0.15, -0.1) is 11.3 Å². The van der Waals surface area contributed by atoms with Gasteiger partial charge in [-0.25, -0.2) is 14.4 Å². The predicted octanol–water partition coefficient (Wildman–Crippen LogP) is 3.57. The van der Waals surface area contributed by atoms with Gasteiger partial charge in [0, 0.05) is 29.3 Å². The Bertz CT molecular complexity index is 909. The lowest BCUT2D eigenvalue weighted by Gasteiger charge is -2.10. The predicted molar refractivity (Wildman–Crippen MR) is 106 cm³/mol. The van der Waals surface area contributed by atoms with Gasteiger partial charge in [0.25, 0.3) is 0 Å². The minimum Gasteiger partial charge on any atom is -0.473 e. The molecule has 0 N–H and O–H groups in total. The van der Waals surface area contributed by atoms with Crippen molar-refractivity contribution in [3.8, 4) is 17.7 Å². The average molecular weight is 387 g/mol. The molecule has 2 aromatic rings. The van der Waals surface area contributed by atoms with Crippen molar-refractivity contribution < 1.29 is 13.9 Å². The van der Waals surface area contributed by atoms with Crippen molar-refractivity contribution in [3.63, 3.8) is 0 Å². The summed E-state index contributed by atoms with van der Waals surface area (Å²) in [5.74, 6) is 6.18. The first kappa shape index (κ1) is 19.5. The topological polar surface area (TPSA) is 47.5 Å². The second-order valence-corrected chi connectivity index (χ2v) is 7.07. The molecule has 0 amide bonds. The maximum atomic E-state index is 13.4. The fourth-order valence-corrected chi connectivity index (χ4v) is 3.07. The molecule has 2 aromatic heterocycles. The first-order valence-corrected chi connectivity index (χ1v) is 9.73. The number of fused-ring (bicyclic) bond motifs is 1. The summed E-state index contributed by atoms with van der Waals surface area (Å²) in [5.41, 5.74) is 2.66. The van der Waals surface area contributed by atoms with E-state index < -0.39 is 0 Å². The average Bonchev–Trinajstić information content (AvgIpc) is 3.09. The summed E-state index contributed by atoms with van der Waals surface area (Å²) in [4.78, 5) is 11.1. The minimum atomic E-state index is -0.146. The van der Waals surface area contributed by atoms with Crippen LogP contribution in [0.15, 0.2) is 34.3 Å². The molecule has 7 heteroatoms. The third-order valence-corrected chi connectivity index (χ3v) is 4.53. The maximum absolute atomic E-state index is 13.4. The van der Waals surface area contributed by atoms with E-state index in [0.29, 0.717) is 49.8 Å². The van der Waals surface area contributed by atoms with Crippen LogP contribution in [0.1, 0.15) is 18.5 Å². The third-order valence-electron chi connectivity index (χ3n) is 3.81. The molecular weight excluding hydrogens is 365 g/mol. The van der Waals surface area contributed by atoms with Gasteiger partial charge in [-0.05, 0) is 32.5 Å². The number of halogens is 1. The number of nitrogens with zero attached hydrogens (tertiary/aromatic N) is 3. The quantitative estimate of drug-likeness (QED) is 0.537. The Kier molecular flexibility index (Phi) is 6.93. The lowest BCUT2D eigenvalue weighted by molar-refractivity contribution is 0.0875. The molecule has 27 heavy (non-hydrogen) atoms. The fraction of sp³-hybridized carbons (Fsp3) is 0.400. The number of hydrogen-bond acceptors (Lipinski definition) is 6. The first-order valence-electron chi connectivity index (χ1n) is 8.79. The Hall–Kier alpha value is -2.27. The van der Waals surface area contributed by atoms with E-state index in [9.17, 15) is 4.39 Å². The van der Waals surface area contributed by atoms with Crippen LogP contribution in [0.5, 0.6) is 5.88 Å². The van der Waals surface area contributed by atoms with Gasteiger partial charge in [-0.3, -0.25) is 0 Å². The summed E-state index contributed by atoms with van der Waals surface area (Å²) >= 11 is 1.53. The van der Waals surface area contributed by atoms with Gasteiger partial charge in [-0.1, -0.05) is 12.0 Å². The third kappa shape index (κ3) is 5.86. The van der Waals surface area contributed by atoms with E-state index in [4.69, 9.17) is 9.47 Å². The zero-order valence-corrected chi connectivity index (χ0v) is 16.3. The number of rotatable bonds is 7. The number of aromatic nitrogens is 2. The van der Waals surface area contributed by atoms with Gasteiger partial charge in [0.2, 0.25) is 5.88 Å². The molecule has 142 valence electrons. The molecule has 1 aliphatic carbocycles. The summed E-state index contributed by atoms with van der Waals surface area (Å²) in [6.45, 7) is 2.33. The van der Waals surface area contributed by atoms with E-state index in [-0.39, 0.29) is 5.83 Å². The first-order chi connectivity index (χ1) is 13.1. The molecule has 5 nitrogen and oxygen atoms in total. The Morgan fingerprint density at radius 2 is 1.96 bits per heavy atom. The lowest BCUT2D eigenvalue weighted by Crippen LogP contribution is -2.19. The molecule has 0 fully saturated rings. The molecule has 1 aliphatic rings. The Morgan fingerprint density at radius 3 is 2.74 bits per heavy atom. The number of thiophene rings is 1. The molecule has 0 atom stereocenters. The summed E-state index contributed by atoms with van der Waals surface area (Å²) in [5, 5.41) is 3.84. The summed E-state index contributed by atoms with van der Waals surface area (Å²) in [6.07, 6.45) is 4.49. The van der Waals surface area contributed by atoms with Crippen molar-refractivity contribution in [3.05, 3.63) is 40.0 Å². The Morgan fingerprint density at radius 1 is 1.15 bits per heavy atom. The number of ether oxygens (including phenoxy) is 2. The van der Waals surface area contributed by atoms with Crippen LogP contribution in [0.25, 0.3) is 11.0 Å². The molecule has 0 bridgehead atoms.